The van der Waals surface area contributed by atoms with Crippen LogP contribution in [0.4, 0.5) is 13.8 Å². The van der Waals surface area contributed by atoms with Gasteiger partial charge in [-0.15, -0.1) is 11.3 Å². The van der Waals surface area contributed by atoms with Crippen LogP contribution in [0.1, 0.15) is 11.1 Å². The molecule has 0 aliphatic heterocycles. The van der Waals surface area contributed by atoms with Crippen LogP contribution in [0.3, 0.4) is 0 Å². The second-order valence-electron chi connectivity index (χ2n) is 6.87. The zero-order valence-corrected chi connectivity index (χ0v) is 21.0. The molecule has 0 unspecified atom stereocenters. The summed E-state index contributed by atoms with van der Waals surface area (Å²) in [7, 11) is -4.17. The first-order chi connectivity index (χ1) is 15.2. The van der Waals surface area contributed by atoms with Gasteiger partial charge in [-0.2, -0.15) is 0 Å². The lowest BCUT2D eigenvalue weighted by Gasteiger charge is -2.25. The molecule has 4 nitrogen and oxygen atoms in total. The molecule has 0 aliphatic carbocycles. The molecule has 0 amide bonds. The van der Waals surface area contributed by atoms with Crippen LogP contribution in [0.15, 0.2) is 74.5 Å². The summed E-state index contributed by atoms with van der Waals surface area (Å²) in [6.45, 7) is -0.638. The van der Waals surface area contributed by atoms with Gasteiger partial charge in [-0.25, -0.2) is 17.2 Å². The van der Waals surface area contributed by atoms with Crippen molar-refractivity contribution in [2.75, 3.05) is 4.31 Å². The highest BCUT2D eigenvalue weighted by atomic mass is 79.9. The van der Waals surface area contributed by atoms with Gasteiger partial charge in [-0.05, 0) is 57.9 Å². The van der Waals surface area contributed by atoms with E-state index in [9.17, 15) is 22.3 Å². The first-order valence-electron chi connectivity index (χ1n) is 9.25. The third kappa shape index (κ3) is 4.34. The van der Waals surface area contributed by atoms with E-state index in [0.717, 1.165) is 26.5 Å². The quantitative estimate of drug-likeness (QED) is 0.271. The van der Waals surface area contributed by atoms with Crippen molar-refractivity contribution in [3.8, 4) is 0 Å². The Labute approximate surface area is 204 Å². The molecule has 4 aromatic rings. The number of aliphatic hydroxyl groups excluding tert-OH is 1. The van der Waals surface area contributed by atoms with Crippen LogP contribution in [-0.4, -0.2) is 13.5 Å². The number of hydrogen-bond donors (Lipinski definition) is 1. The Morgan fingerprint density at radius 1 is 0.969 bits per heavy atom. The number of anilines is 1. The Hall–Kier alpha value is -1.85. The summed E-state index contributed by atoms with van der Waals surface area (Å²) >= 11 is 7.81. The van der Waals surface area contributed by atoms with E-state index in [2.05, 4.69) is 31.9 Å². The third-order valence-electron chi connectivity index (χ3n) is 4.83. The molecule has 0 atom stereocenters. The average Bonchev–Trinajstić information content (AvgIpc) is 3.14. The fourth-order valence-corrected chi connectivity index (χ4v) is 7.68. The number of sulfonamides is 1. The minimum absolute atomic E-state index is 0.00388. The molecular formula is C22H15Br2F2NO3S2. The molecule has 1 heterocycles. The number of benzene rings is 3. The van der Waals surface area contributed by atoms with Crippen LogP contribution >= 0.6 is 43.2 Å². The summed E-state index contributed by atoms with van der Waals surface area (Å²) in [5, 5.41) is 11.1. The molecule has 4 rings (SSSR count). The maximum absolute atomic E-state index is 13.9. The van der Waals surface area contributed by atoms with Crippen molar-refractivity contribution in [1.29, 1.82) is 0 Å². The monoisotopic (exact) mass is 601 g/mol. The van der Waals surface area contributed by atoms with Crippen molar-refractivity contribution in [1.82, 2.24) is 0 Å². The third-order valence-corrected chi connectivity index (χ3v) is 9.42. The second-order valence-corrected chi connectivity index (χ2v) is 11.5. The number of fused-ring (bicyclic) bond motifs is 1. The Morgan fingerprint density at radius 3 is 2.44 bits per heavy atom. The van der Waals surface area contributed by atoms with Crippen molar-refractivity contribution in [3.63, 3.8) is 0 Å². The Morgan fingerprint density at radius 2 is 1.72 bits per heavy atom. The smallest absolute Gasteiger partial charge is 0.266 e. The van der Waals surface area contributed by atoms with Crippen LogP contribution in [-0.2, 0) is 23.2 Å². The maximum atomic E-state index is 13.9. The highest BCUT2D eigenvalue weighted by Crippen LogP contribution is 2.42. The lowest BCUT2D eigenvalue weighted by Crippen LogP contribution is -2.31. The average molecular weight is 603 g/mol. The number of thiophene rings is 1. The molecule has 0 bridgehead atoms. The van der Waals surface area contributed by atoms with E-state index in [1.165, 1.54) is 23.5 Å². The number of halogens is 4. The lowest BCUT2D eigenvalue weighted by molar-refractivity contribution is 0.284. The normalized spacial score (nSPS) is 11.8. The Bertz CT molecular complexity index is 1420. The topological polar surface area (TPSA) is 57.6 Å². The SMILES string of the molecule is O=S(=O)(c1cc(Br)ccc1Br)N(Cc1ccc(F)c(F)c1)c1sc2ccccc2c1CO. The van der Waals surface area contributed by atoms with Crippen LogP contribution in [0.2, 0.25) is 0 Å². The summed E-state index contributed by atoms with van der Waals surface area (Å²) in [5.41, 5.74) is 0.711. The molecule has 0 aliphatic rings. The molecule has 0 radical (unpaired) electrons. The highest BCUT2D eigenvalue weighted by Gasteiger charge is 2.31. The minimum atomic E-state index is -4.17. The molecule has 0 spiro atoms. The minimum Gasteiger partial charge on any atom is -0.392 e. The second kappa shape index (κ2) is 9.18. The van der Waals surface area contributed by atoms with Gasteiger partial charge in [0.2, 0.25) is 0 Å². The number of nitrogens with zero attached hydrogens (tertiary/aromatic N) is 1. The fraction of sp³-hybridized carbons (Fsp3) is 0.0909. The Balaban J connectivity index is 1.95. The maximum Gasteiger partial charge on any atom is 0.266 e. The van der Waals surface area contributed by atoms with Crippen molar-refractivity contribution in [2.24, 2.45) is 0 Å². The Kier molecular flexibility index (Phi) is 6.69. The van der Waals surface area contributed by atoms with E-state index in [1.807, 2.05) is 12.1 Å². The molecule has 1 aromatic heterocycles. The summed E-state index contributed by atoms with van der Waals surface area (Å²) in [5.74, 6) is -2.09. The highest BCUT2D eigenvalue weighted by molar-refractivity contribution is 9.11. The summed E-state index contributed by atoms with van der Waals surface area (Å²) in [6.07, 6.45) is 0. The van der Waals surface area contributed by atoms with Crippen molar-refractivity contribution in [3.05, 3.63) is 92.4 Å². The van der Waals surface area contributed by atoms with E-state index in [-0.39, 0.29) is 23.6 Å². The molecule has 166 valence electrons. The van der Waals surface area contributed by atoms with Crippen LogP contribution < -0.4 is 4.31 Å². The van der Waals surface area contributed by atoms with E-state index in [4.69, 9.17) is 0 Å². The van der Waals surface area contributed by atoms with Crippen molar-refractivity contribution >= 4 is 68.3 Å². The lowest BCUT2D eigenvalue weighted by atomic mass is 10.1. The number of aliphatic hydroxyl groups is 1. The van der Waals surface area contributed by atoms with Crippen molar-refractivity contribution in [2.45, 2.75) is 18.0 Å². The number of rotatable bonds is 6. The van der Waals surface area contributed by atoms with Gasteiger partial charge in [0, 0.05) is 24.6 Å². The van der Waals surface area contributed by atoms with Gasteiger partial charge in [0.15, 0.2) is 11.6 Å². The van der Waals surface area contributed by atoms with E-state index in [1.54, 1.807) is 24.3 Å². The standard InChI is InChI=1S/C22H15Br2F2NO3S2/c23-14-6-7-17(24)21(10-14)32(29,30)27(11-13-5-8-18(25)19(26)9-13)22-16(12-28)15-3-1-2-4-20(15)31-22/h1-10,28H,11-12H2. The summed E-state index contributed by atoms with van der Waals surface area (Å²) in [4.78, 5) is -0.00388. The van der Waals surface area contributed by atoms with Crippen LogP contribution in [0.25, 0.3) is 10.1 Å². The van der Waals surface area contributed by atoms with Crippen LogP contribution in [0.5, 0.6) is 0 Å². The summed E-state index contributed by atoms with van der Waals surface area (Å²) < 4.78 is 57.9. The fourth-order valence-electron chi connectivity index (χ4n) is 3.30. The molecular weight excluding hydrogens is 588 g/mol. The largest absolute Gasteiger partial charge is 0.392 e. The van der Waals surface area contributed by atoms with Gasteiger partial charge < -0.3 is 5.11 Å². The molecule has 1 N–H and O–H groups in total. The number of hydrogen-bond acceptors (Lipinski definition) is 4. The zero-order valence-electron chi connectivity index (χ0n) is 16.2. The van der Waals surface area contributed by atoms with Gasteiger partial charge in [-0.1, -0.05) is 40.2 Å². The molecule has 3 aromatic carbocycles. The van der Waals surface area contributed by atoms with Gasteiger partial charge in [-0.3, -0.25) is 4.31 Å². The van der Waals surface area contributed by atoms with Crippen LogP contribution in [0, 0.1) is 11.6 Å². The van der Waals surface area contributed by atoms with Crippen molar-refractivity contribution < 1.29 is 22.3 Å². The molecule has 0 fully saturated rings. The summed E-state index contributed by atoms with van der Waals surface area (Å²) in [6, 6.07) is 15.3. The first kappa shape index (κ1) is 23.3. The van der Waals surface area contributed by atoms with E-state index >= 15 is 0 Å². The predicted molar refractivity (Wildman–Crippen MR) is 129 cm³/mol. The molecule has 32 heavy (non-hydrogen) atoms. The first-order valence-corrected chi connectivity index (χ1v) is 13.1. The van der Waals surface area contributed by atoms with Gasteiger partial charge in [0.05, 0.1) is 13.2 Å². The van der Waals surface area contributed by atoms with Gasteiger partial charge in [0.1, 0.15) is 9.90 Å². The molecule has 0 saturated heterocycles. The molecule has 0 saturated carbocycles. The van der Waals surface area contributed by atoms with Gasteiger partial charge in [0.25, 0.3) is 10.0 Å². The van der Waals surface area contributed by atoms with Gasteiger partial charge >= 0.3 is 0 Å². The molecule has 10 heteroatoms. The van der Waals surface area contributed by atoms with E-state index in [0.29, 0.717) is 19.5 Å². The predicted octanol–water partition coefficient (Wildman–Crippen LogP) is 6.59. The zero-order chi connectivity index (χ0) is 23.0. The van der Waals surface area contributed by atoms with E-state index < -0.39 is 21.7 Å².